The molecule has 4 nitrogen and oxygen atoms in total. The zero-order valence-electron chi connectivity index (χ0n) is 29.9. The molecular weight excluding hydrogens is 689 g/mol. The first-order chi connectivity index (χ1) is 27.3. The van der Waals surface area contributed by atoms with E-state index in [1.807, 2.05) is 11.3 Å². The van der Waals surface area contributed by atoms with E-state index in [1.165, 1.54) is 81.7 Å². The van der Waals surface area contributed by atoms with Gasteiger partial charge >= 0.3 is 0 Å². The molecule has 1 N–H and O–H groups in total. The number of benzene rings is 7. The van der Waals surface area contributed by atoms with E-state index in [-0.39, 0.29) is 6.29 Å². The standard InChI is InChI=1S/C50H34N4S/c1-3-13-32(14-4-1)46-45-42(26-23-33-28-29-55-49(33)45)51-50(52-46)54-44-27-24-34(30-41(44)40-25-22-31-12-7-8-17-36(31)48(40)54)37-19-11-20-39-38-18-9-10-21-43(38)53(47(37)39)35-15-5-2-6-16-35/h1-22,24-25,27-30,50-51H,23,26H2. The maximum atomic E-state index is 5.67. The van der Waals surface area contributed by atoms with Crippen LogP contribution < -0.4 is 5.32 Å². The molecule has 0 amide bonds. The lowest BCUT2D eigenvalue weighted by Crippen LogP contribution is -2.33. The van der Waals surface area contributed by atoms with Crippen LogP contribution in [0.3, 0.4) is 0 Å². The second kappa shape index (κ2) is 11.9. The van der Waals surface area contributed by atoms with Crippen LogP contribution in [0.1, 0.15) is 28.7 Å². The Balaban J connectivity index is 1.13. The molecule has 3 aromatic heterocycles. The van der Waals surface area contributed by atoms with Crippen molar-refractivity contribution in [2.45, 2.75) is 19.1 Å². The van der Waals surface area contributed by atoms with Crippen molar-refractivity contribution in [2.75, 3.05) is 0 Å². The largest absolute Gasteiger partial charge is 0.349 e. The fraction of sp³-hybridized carbons (Fsp3) is 0.0600. The van der Waals surface area contributed by atoms with Crippen molar-refractivity contribution in [3.05, 3.63) is 191 Å². The van der Waals surface area contributed by atoms with E-state index in [4.69, 9.17) is 4.99 Å². The molecule has 1 aliphatic heterocycles. The smallest absolute Gasteiger partial charge is 0.201 e. The van der Waals surface area contributed by atoms with Gasteiger partial charge in [-0.05, 0) is 71.1 Å². The highest BCUT2D eigenvalue weighted by Gasteiger charge is 2.32. The molecule has 1 unspecified atom stereocenters. The van der Waals surface area contributed by atoms with Gasteiger partial charge in [0.25, 0.3) is 0 Å². The molecule has 1 atom stereocenters. The summed E-state index contributed by atoms with van der Waals surface area (Å²) in [6.07, 6.45) is 1.67. The molecule has 0 saturated carbocycles. The Bertz CT molecular complexity index is 3230. The van der Waals surface area contributed by atoms with Crippen LogP contribution in [0, 0.1) is 0 Å². The lowest BCUT2D eigenvalue weighted by molar-refractivity contribution is 0.472. The summed E-state index contributed by atoms with van der Waals surface area (Å²) in [5.74, 6) is 0. The van der Waals surface area contributed by atoms with Crippen molar-refractivity contribution in [1.29, 1.82) is 0 Å². The second-order valence-corrected chi connectivity index (χ2v) is 15.6. The van der Waals surface area contributed by atoms with E-state index >= 15 is 0 Å². The summed E-state index contributed by atoms with van der Waals surface area (Å²) in [5.41, 5.74) is 14.5. The quantitative estimate of drug-likeness (QED) is 0.193. The molecule has 0 saturated heterocycles. The first-order valence-corrected chi connectivity index (χ1v) is 19.9. The molecule has 0 spiro atoms. The average Bonchev–Trinajstić information content (AvgIpc) is 3.97. The number of nitrogens with zero attached hydrogens (tertiary/aromatic N) is 3. The Morgan fingerprint density at radius 3 is 2.22 bits per heavy atom. The van der Waals surface area contributed by atoms with Gasteiger partial charge in [0.15, 0.2) is 0 Å². The van der Waals surface area contributed by atoms with E-state index in [0.717, 1.165) is 35.3 Å². The van der Waals surface area contributed by atoms with Crippen LogP contribution >= 0.6 is 11.3 Å². The fourth-order valence-electron chi connectivity index (χ4n) is 9.31. The highest BCUT2D eigenvalue weighted by molar-refractivity contribution is 7.11. The van der Waals surface area contributed by atoms with Crippen LogP contribution in [0.4, 0.5) is 0 Å². The minimum absolute atomic E-state index is 0.323. The van der Waals surface area contributed by atoms with Gasteiger partial charge in [0.05, 0.1) is 27.8 Å². The molecule has 260 valence electrons. The third-order valence-corrected chi connectivity index (χ3v) is 12.7. The van der Waals surface area contributed by atoms with Gasteiger partial charge in [-0.25, -0.2) is 4.99 Å². The Labute approximate surface area is 321 Å². The molecule has 12 rings (SSSR count). The van der Waals surface area contributed by atoms with Crippen molar-refractivity contribution < 1.29 is 0 Å². The fourth-order valence-corrected chi connectivity index (χ4v) is 10.3. The highest BCUT2D eigenvalue weighted by atomic mass is 32.1. The first-order valence-electron chi connectivity index (χ1n) is 19.0. The molecule has 4 heterocycles. The predicted octanol–water partition coefficient (Wildman–Crippen LogP) is 12.7. The van der Waals surface area contributed by atoms with Gasteiger partial charge in [-0.2, -0.15) is 0 Å². The number of aliphatic imine (C=N–C) groups is 1. The molecule has 2 aliphatic rings. The Morgan fingerprint density at radius 2 is 1.33 bits per heavy atom. The van der Waals surface area contributed by atoms with Crippen LogP contribution in [0.25, 0.3) is 76.8 Å². The Hall–Kier alpha value is -6.69. The lowest BCUT2D eigenvalue weighted by Gasteiger charge is -2.32. The van der Waals surface area contributed by atoms with Crippen molar-refractivity contribution in [3.63, 3.8) is 0 Å². The van der Waals surface area contributed by atoms with E-state index in [9.17, 15) is 0 Å². The summed E-state index contributed by atoms with van der Waals surface area (Å²) in [7, 11) is 0. The van der Waals surface area contributed by atoms with Gasteiger partial charge in [0.2, 0.25) is 6.29 Å². The first kappa shape index (κ1) is 30.7. The Morgan fingerprint density at radius 1 is 0.564 bits per heavy atom. The second-order valence-electron chi connectivity index (χ2n) is 14.7. The van der Waals surface area contributed by atoms with Crippen LogP contribution in [-0.2, 0) is 6.42 Å². The van der Waals surface area contributed by atoms with Crippen molar-refractivity contribution in [2.24, 2.45) is 4.99 Å². The maximum Gasteiger partial charge on any atom is 0.201 e. The average molecular weight is 723 g/mol. The normalized spacial score (nSPS) is 15.5. The molecule has 0 fully saturated rings. The number of hydrogen-bond donors (Lipinski definition) is 1. The van der Waals surface area contributed by atoms with Crippen molar-refractivity contribution >= 4 is 77.0 Å². The highest BCUT2D eigenvalue weighted by Crippen LogP contribution is 2.45. The number of nitrogens with one attached hydrogen (secondary N) is 1. The number of fused-ring (bicyclic) bond motifs is 10. The molecule has 10 aromatic rings. The number of rotatable bonds is 4. The summed E-state index contributed by atoms with van der Waals surface area (Å²) >= 11 is 1.83. The number of hydrogen-bond acceptors (Lipinski definition) is 3. The van der Waals surface area contributed by atoms with Gasteiger partial charge < -0.3 is 14.5 Å². The van der Waals surface area contributed by atoms with Crippen LogP contribution in [0.15, 0.2) is 180 Å². The number of thiophene rings is 1. The minimum atomic E-state index is -0.323. The number of para-hydroxylation sites is 3. The zero-order valence-corrected chi connectivity index (χ0v) is 30.7. The van der Waals surface area contributed by atoms with Gasteiger partial charge in [-0.3, -0.25) is 0 Å². The van der Waals surface area contributed by atoms with E-state index < -0.39 is 0 Å². The van der Waals surface area contributed by atoms with Gasteiger partial charge in [-0.1, -0.05) is 127 Å². The summed E-state index contributed by atoms with van der Waals surface area (Å²) in [4.78, 5) is 7.01. The predicted molar refractivity (Wildman–Crippen MR) is 231 cm³/mol. The van der Waals surface area contributed by atoms with Crippen LogP contribution in [0.5, 0.6) is 0 Å². The molecule has 1 aliphatic carbocycles. The SMILES string of the molecule is c1ccc(C2=NC(n3c4ccc(-c5cccc6c7ccccc7n(-c7ccccc7)c56)cc4c4ccc5ccccc5c43)NC3=C2c2sccc2CC3)cc1. The summed E-state index contributed by atoms with van der Waals surface area (Å²) in [5, 5.41) is 13.7. The monoisotopic (exact) mass is 722 g/mol. The van der Waals surface area contributed by atoms with Crippen molar-refractivity contribution in [1.82, 2.24) is 14.5 Å². The topological polar surface area (TPSA) is 34.2 Å². The van der Waals surface area contributed by atoms with E-state index in [0.29, 0.717) is 0 Å². The third kappa shape index (κ3) is 4.54. The Kier molecular flexibility index (Phi) is 6.65. The maximum absolute atomic E-state index is 5.67. The third-order valence-electron chi connectivity index (χ3n) is 11.7. The summed E-state index contributed by atoms with van der Waals surface area (Å²) in [6.45, 7) is 0. The van der Waals surface area contributed by atoms with E-state index in [1.54, 1.807) is 0 Å². The van der Waals surface area contributed by atoms with Gasteiger partial charge in [0, 0.05) is 59.9 Å². The van der Waals surface area contributed by atoms with Crippen LogP contribution in [0.2, 0.25) is 0 Å². The van der Waals surface area contributed by atoms with E-state index in [2.05, 4.69) is 184 Å². The molecule has 55 heavy (non-hydrogen) atoms. The number of allylic oxidation sites excluding steroid dienone is 2. The molecule has 7 aromatic carbocycles. The minimum Gasteiger partial charge on any atom is -0.349 e. The summed E-state index contributed by atoms with van der Waals surface area (Å²) in [6, 6.07) is 59.7. The number of aromatic nitrogens is 2. The molecule has 0 bridgehead atoms. The van der Waals surface area contributed by atoms with Crippen LogP contribution in [-0.4, -0.2) is 14.8 Å². The molecular formula is C50H34N4S. The van der Waals surface area contributed by atoms with Crippen molar-refractivity contribution in [3.8, 4) is 16.8 Å². The van der Waals surface area contributed by atoms with Gasteiger partial charge in [0.1, 0.15) is 0 Å². The van der Waals surface area contributed by atoms with Gasteiger partial charge in [-0.15, -0.1) is 11.3 Å². The molecule has 5 heteroatoms. The lowest BCUT2D eigenvalue weighted by atomic mass is 9.89. The summed E-state index contributed by atoms with van der Waals surface area (Å²) < 4.78 is 4.90. The number of aryl methyl sites for hydroxylation is 1. The molecule has 0 radical (unpaired) electrons. The zero-order chi connectivity index (χ0) is 36.0.